The predicted molar refractivity (Wildman–Crippen MR) is 127 cm³/mol. The second kappa shape index (κ2) is 9.46. The van der Waals surface area contributed by atoms with Gasteiger partial charge in [-0.2, -0.15) is 0 Å². The second-order valence-corrected chi connectivity index (χ2v) is 11.2. The first-order valence-electron chi connectivity index (χ1n) is 10.5. The Labute approximate surface area is 192 Å². The molecule has 4 rings (SSSR count). The summed E-state index contributed by atoms with van der Waals surface area (Å²) in [6.45, 7) is 6.23. The van der Waals surface area contributed by atoms with E-state index in [4.69, 9.17) is 0 Å². The number of fused-ring (bicyclic) bond motifs is 1. The van der Waals surface area contributed by atoms with Crippen molar-refractivity contribution in [1.29, 1.82) is 0 Å². The second-order valence-electron chi connectivity index (χ2n) is 7.99. The first-order chi connectivity index (χ1) is 15.4. The van der Waals surface area contributed by atoms with Gasteiger partial charge >= 0.3 is 0 Å². The maximum absolute atomic E-state index is 12.7. The number of thioether (sulfide) groups is 1. The molecule has 0 bridgehead atoms. The molecule has 1 aliphatic rings. The van der Waals surface area contributed by atoms with E-state index in [1.54, 1.807) is 6.08 Å². The van der Waals surface area contributed by atoms with Crippen LogP contribution in [0.3, 0.4) is 0 Å². The van der Waals surface area contributed by atoms with Crippen molar-refractivity contribution in [2.45, 2.75) is 37.0 Å². The molecule has 2 aromatic carbocycles. The Morgan fingerprint density at radius 3 is 2.81 bits per heavy atom. The third-order valence-electron chi connectivity index (χ3n) is 5.65. The van der Waals surface area contributed by atoms with Gasteiger partial charge < -0.3 is 9.88 Å². The van der Waals surface area contributed by atoms with Crippen molar-refractivity contribution >= 4 is 38.3 Å². The Kier molecular flexibility index (Phi) is 6.66. The van der Waals surface area contributed by atoms with Gasteiger partial charge in [0.1, 0.15) is 5.82 Å². The van der Waals surface area contributed by atoms with Crippen molar-refractivity contribution in [2.75, 3.05) is 17.3 Å². The molecule has 1 fully saturated rings. The molecule has 0 spiro atoms. The summed E-state index contributed by atoms with van der Waals surface area (Å²) >= 11 is 1.30. The minimum absolute atomic E-state index is 0.0932. The minimum Gasteiger partial charge on any atom is -0.349 e. The van der Waals surface area contributed by atoms with E-state index < -0.39 is 9.84 Å². The van der Waals surface area contributed by atoms with Crippen LogP contribution in [0.25, 0.3) is 10.8 Å². The number of carbonyl (C=O) groups is 1. The Morgan fingerprint density at radius 1 is 1.28 bits per heavy atom. The van der Waals surface area contributed by atoms with E-state index in [1.807, 2.05) is 35.8 Å². The number of amides is 1. The van der Waals surface area contributed by atoms with Gasteiger partial charge in [0.2, 0.25) is 5.91 Å². The molecular weight excluding hydrogens is 444 g/mol. The van der Waals surface area contributed by atoms with Crippen molar-refractivity contribution in [3.05, 3.63) is 66.5 Å². The Balaban J connectivity index is 1.43. The van der Waals surface area contributed by atoms with Crippen LogP contribution in [-0.4, -0.2) is 46.3 Å². The van der Waals surface area contributed by atoms with Crippen molar-refractivity contribution in [1.82, 2.24) is 20.1 Å². The van der Waals surface area contributed by atoms with Gasteiger partial charge in [0.05, 0.1) is 23.3 Å². The molecule has 0 aliphatic carbocycles. The van der Waals surface area contributed by atoms with Gasteiger partial charge in [-0.3, -0.25) is 4.79 Å². The number of carbonyl (C=O) groups excluding carboxylic acids is 1. The zero-order valence-corrected chi connectivity index (χ0v) is 19.5. The smallest absolute Gasteiger partial charge is 0.230 e. The third kappa shape index (κ3) is 4.88. The molecule has 1 N–H and O–H groups in total. The quantitative estimate of drug-likeness (QED) is 0.400. The maximum atomic E-state index is 12.7. The number of nitrogens with one attached hydrogen (secondary N) is 1. The van der Waals surface area contributed by atoms with E-state index in [-0.39, 0.29) is 35.1 Å². The van der Waals surface area contributed by atoms with Crippen LogP contribution in [0.4, 0.5) is 0 Å². The summed E-state index contributed by atoms with van der Waals surface area (Å²) in [6, 6.07) is 14.1. The number of benzene rings is 2. The fourth-order valence-corrected chi connectivity index (χ4v) is 6.63. The SMILES string of the molecule is C=CCn1c(SCC(=O)NC(C)c2cccc3ccccc23)nnc1C1CCS(=O)(=O)C1. The highest BCUT2D eigenvalue weighted by molar-refractivity contribution is 7.99. The van der Waals surface area contributed by atoms with Crippen LogP contribution in [0.5, 0.6) is 0 Å². The minimum atomic E-state index is -3.03. The molecular formula is C23H26N4O3S2. The molecule has 168 valence electrons. The molecule has 7 nitrogen and oxygen atoms in total. The first kappa shape index (κ1) is 22.5. The highest BCUT2D eigenvalue weighted by Crippen LogP contribution is 2.30. The number of aromatic nitrogens is 3. The van der Waals surface area contributed by atoms with Gasteiger partial charge in [-0.25, -0.2) is 8.42 Å². The van der Waals surface area contributed by atoms with Crippen LogP contribution in [0.1, 0.15) is 36.7 Å². The highest BCUT2D eigenvalue weighted by Gasteiger charge is 2.33. The average Bonchev–Trinajstić information content (AvgIpc) is 3.34. The van der Waals surface area contributed by atoms with Crippen molar-refractivity contribution in [3.63, 3.8) is 0 Å². The van der Waals surface area contributed by atoms with Crippen LogP contribution >= 0.6 is 11.8 Å². The van der Waals surface area contributed by atoms with Crippen LogP contribution in [-0.2, 0) is 21.2 Å². The molecule has 2 unspecified atom stereocenters. The summed E-state index contributed by atoms with van der Waals surface area (Å²) in [6.07, 6.45) is 2.27. The van der Waals surface area contributed by atoms with Gasteiger partial charge in [-0.05, 0) is 29.7 Å². The molecule has 9 heteroatoms. The number of rotatable bonds is 8. The van der Waals surface area contributed by atoms with Gasteiger partial charge in [0.15, 0.2) is 15.0 Å². The molecule has 1 aromatic heterocycles. The summed E-state index contributed by atoms with van der Waals surface area (Å²) in [5, 5.41) is 14.4. The summed E-state index contributed by atoms with van der Waals surface area (Å²) in [4.78, 5) is 12.7. The summed E-state index contributed by atoms with van der Waals surface area (Å²) in [5.74, 6) is 0.840. The zero-order chi connectivity index (χ0) is 22.7. The lowest BCUT2D eigenvalue weighted by Gasteiger charge is -2.16. The van der Waals surface area contributed by atoms with Gasteiger partial charge in [0, 0.05) is 12.5 Å². The Bertz CT molecular complexity index is 1250. The molecule has 1 saturated heterocycles. The molecule has 1 amide bonds. The monoisotopic (exact) mass is 470 g/mol. The van der Waals surface area contributed by atoms with Crippen LogP contribution in [0, 0.1) is 0 Å². The molecule has 0 saturated carbocycles. The number of allylic oxidation sites excluding steroid dienone is 1. The molecule has 3 aromatic rings. The fourth-order valence-electron chi connectivity index (χ4n) is 4.13. The van der Waals surface area contributed by atoms with E-state index in [2.05, 4.69) is 40.3 Å². The van der Waals surface area contributed by atoms with Crippen LogP contribution in [0.2, 0.25) is 0 Å². The lowest BCUT2D eigenvalue weighted by Crippen LogP contribution is -2.28. The molecule has 2 heterocycles. The number of hydrogen-bond acceptors (Lipinski definition) is 6. The van der Waals surface area contributed by atoms with E-state index in [0.717, 1.165) is 16.3 Å². The summed E-state index contributed by atoms with van der Waals surface area (Å²) in [5.41, 5.74) is 1.07. The predicted octanol–water partition coefficient (Wildman–Crippen LogP) is 3.49. The van der Waals surface area contributed by atoms with Gasteiger partial charge in [-0.15, -0.1) is 16.8 Å². The topological polar surface area (TPSA) is 93.9 Å². The lowest BCUT2D eigenvalue weighted by atomic mass is 10.00. The Hall–Kier alpha value is -2.65. The molecule has 32 heavy (non-hydrogen) atoms. The van der Waals surface area contributed by atoms with E-state index in [1.165, 1.54) is 11.8 Å². The standard InChI is InChI=1S/C23H26N4O3S2/c1-3-12-27-22(18-11-13-32(29,30)15-18)25-26-23(27)31-14-21(28)24-16(2)19-10-6-8-17-7-4-5-9-20(17)19/h3-10,16,18H,1,11-15H2,2H3,(H,24,28). The first-order valence-corrected chi connectivity index (χ1v) is 13.3. The van der Waals surface area contributed by atoms with Crippen molar-refractivity contribution in [2.24, 2.45) is 0 Å². The largest absolute Gasteiger partial charge is 0.349 e. The van der Waals surface area contributed by atoms with Gasteiger partial charge in [-0.1, -0.05) is 60.3 Å². The molecule has 1 aliphatic heterocycles. The van der Waals surface area contributed by atoms with Crippen molar-refractivity contribution in [3.8, 4) is 0 Å². The Morgan fingerprint density at radius 2 is 2.06 bits per heavy atom. The average molecular weight is 471 g/mol. The summed E-state index contributed by atoms with van der Waals surface area (Å²) < 4.78 is 25.6. The van der Waals surface area contributed by atoms with E-state index in [9.17, 15) is 13.2 Å². The fraction of sp³-hybridized carbons (Fsp3) is 0.348. The lowest BCUT2D eigenvalue weighted by molar-refractivity contribution is -0.119. The van der Waals surface area contributed by atoms with Gasteiger partial charge in [0.25, 0.3) is 0 Å². The third-order valence-corrected chi connectivity index (χ3v) is 8.39. The molecule has 0 radical (unpaired) electrons. The maximum Gasteiger partial charge on any atom is 0.230 e. The van der Waals surface area contributed by atoms with Crippen LogP contribution in [0.15, 0.2) is 60.3 Å². The zero-order valence-electron chi connectivity index (χ0n) is 17.9. The highest BCUT2D eigenvalue weighted by atomic mass is 32.2. The molecule has 2 atom stereocenters. The normalized spacial score (nSPS) is 18.5. The van der Waals surface area contributed by atoms with Crippen molar-refractivity contribution < 1.29 is 13.2 Å². The van der Waals surface area contributed by atoms with E-state index in [0.29, 0.717) is 23.9 Å². The van der Waals surface area contributed by atoms with Crippen LogP contribution < -0.4 is 5.32 Å². The van der Waals surface area contributed by atoms with E-state index >= 15 is 0 Å². The summed E-state index contributed by atoms with van der Waals surface area (Å²) in [7, 11) is -3.03. The number of sulfone groups is 1. The number of hydrogen-bond donors (Lipinski definition) is 1. The number of nitrogens with zero attached hydrogens (tertiary/aromatic N) is 3.